The molecule has 0 radical (unpaired) electrons. The molecule has 0 saturated heterocycles. The molecule has 0 amide bonds. The highest BCUT2D eigenvalue weighted by atomic mass is 35.5. The molecule has 1 aromatic carbocycles. The molecule has 1 aromatic rings. The van der Waals surface area contributed by atoms with Crippen molar-refractivity contribution in [1.29, 1.82) is 0 Å². The van der Waals surface area contributed by atoms with E-state index in [1.807, 2.05) is 0 Å². The van der Waals surface area contributed by atoms with E-state index in [-0.39, 0.29) is 10.6 Å². The van der Waals surface area contributed by atoms with E-state index >= 15 is 0 Å². The van der Waals surface area contributed by atoms with Crippen LogP contribution in [0.3, 0.4) is 0 Å². The minimum absolute atomic E-state index is 0.0268. The first-order valence-corrected chi connectivity index (χ1v) is 4.93. The van der Waals surface area contributed by atoms with Crippen LogP contribution >= 0.6 is 11.6 Å². The fourth-order valence-electron chi connectivity index (χ4n) is 1.97. The van der Waals surface area contributed by atoms with Gasteiger partial charge in [0.25, 0.3) is 5.92 Å². The highest BCUT2D eigenvalue weighted by Gasteiger charge is 2.56. The van der Waals surface area contributed by atoms with Crippen LogP contribution in [0, 0.1) is 11.6 Å². The number of halogens is 5. The standard InChI is InChI=1S/C10H8ClF4N/c11-6-2-8(13)7(12)1-5(6)9(16)3-10(14,15)4-9/h1-2H,3-4,16H2. The summed E-state index contributed by atoms with van der Waals surface area (Å²) in [7, 11) is 0. The van der Waals surface area contributed by atoms with Crippen LogP contribution in [0.5, 0.6) is 0 Å². The molecule has 6 heteroatoms. The highest BCUT2D eigenvalue weighted by molar-refractivity contribution is 6.31. The smallest absolute Gasteiger partial charge is 0.252 e. The maximum atomic E-state index is 13.0. The van der Waals surface area contributed by atoms with Crippen LogP contribution in [-0.4, -0.2) is 5.92 Å². The maximum absolute atomic E-state index is 13.0. The van der Waals surface area contributed by atoms with Crippen molar-refractivity contribution < 1.29 is 17.6 Å². The second kappa shape index (κ2) is 3.34. The first kappa shape index (κ1) is 11.7. The minimum Gasteiger partial charge on any atom is -0.321 e. The lowest BCUT2D eigenvalue weighted by Crippen LogP contribution is -2.55. The molecule has 1 nitrogen and oxygen atoms in total. The van der Waals surface area contributed by atoms with Gasteiger partial charge >= 0.3 is 0 Å². The van der Waals surface area contributed by atoms with E-state index in [9.17, 15) is 17.6 Å². The monoisotopic (exact) mass is 253 g/mol. The molecular weight excluding hydrogens is 246 g/mol. The minimum atomic E-state index is -2.86. The van der Waals surface area contributed by atoms with Gasteiger partial charge in [0.15, 0.2) is 11.6 Å². The van der Waals surface area contributed by atoms with Gasteiger partial charge in [-0.05, 0) is 17.7 Å². The lowest BCUT2D eigenvalue weighted by Gasteiger charge is -2.45. The summed E-state index contributed by atoms with van der Waals surface area (Å²) in [5.74, 6) is -5.12. The van der Waals surface area contributed by atoms with Crippen LogP contribution in [0.1, 0.15) is 18.4 Å². The first-order valence-electron chi connectivity index (χ1n) is 4.55. The quantitative estimate of drug-likeness (QED) is 0.604. The fraction of sp³-hybridized carbons (Fsp3) is 0.400. The molecule has 0 aromatic heterocycles. The Hall–Kier alpha value is -0.810. The Kier molecular flexibility index (Phi) is 2.44. The van der Waals surface area contributed by atoms with Gasteiger partial charge in [-0.2, -0.15) is 0 Å². The van der Waals surface area contributed by atoms with Crippen LogP contribution in [0.2, 0.25) is 5.02 Å². The van der Waals surface area contributed by atoms with Gasteiger partial charge in [0, 0.05) is 17.9 Å². The van der Waals surface area contributed by atoms with Crippen molar-refractivity contribution in [2.45, 2.75) is 24.3 Å². The summed E-state index contributed by atoms with van der Waals surface area (Å²) in [5.41, 5.74) is 4.33. The molecular formula is C10H8ClF4N. The molecule has 1 aliphatic rings. The third-order valence-electron chi connectivity index (χ3n) is 2.69. The fourth-order valence-corrected chi connectivity index (χ4v) is 2.30. The molecule has 1 fully saturated rings. The molecule has 1 saturated carbocycles. The number of hydrogen-bond donors (Lipinski definition) is 1. The van der Waals surface area contributed by atoms with Gasteiger partial charge in [-0.25, -0.2) is 17.6 Å². The zero-order valence-corrected chi connectivity index (χ0v) is 8.79. The lowest BCUT2D eigenvalue weighted by atomic mass is 9.70. The van der Waals surface area contributed by atoms with E-state index in [1.54, 1.807) is 0 Å². The summed E-state index contributed by atoms with van der Waals surface area (Å²) < 4.78 is 51.2. The van der Waals surface area contributed by atoms with E-state index in [0.717, 1.165) is 12.1 Å². The Morgan fingerprint density at radius 2 is 1.62 bits per heavy atom. The van der Waals surface area contributed by atoms with Gasteiger partial charge in [-0.1, -0.05) is 11.6 Å². The third-order valence-corrected chi connectivity index (χ3v) is 3.01. The molecule has 16 heavy (non-hydrogen) atoms. The highest BCUT2D eigenvalue weighted by Crippen LogP contribution is 2.51. The van der Waals surface area contributed by atoms with Gasteiger partial charge < -0.3 is 5.73 Å². The summed E-state index contributed by atoms with van der Waals surface area (Å²) in [6.07, 6.45) is -1.21. The van der Waals surface area contributed by atoms with Crippen molar-refractivity contribution in [2.75, 3.05) is 0 Å². The summed E-state index contributed by atoms with van der Waals surface area (Å²) in [6.45, 7) is 0. The van der Waals surface area contributed by atoms with Crippen LogP contribution in [0.25, 0.3) is 0 Å². The van der Waals surface area contributed by atoms with Gasteiger partial charge in [0.1, 0.15) is 0 Å². The maximum Gasteiger partial charge on any atom is 0.252 e. The number of rotatable bonds is 1. The van der Waals surface area contributed by atoms with Gasteiger partial charge in [-0.15, -0.1) is 0 Å². The molecule has 0 heterocycles. The summed E-state index contributed by atoms with van der Waals surface area (Å²) in [6, 6.07) is 1.53. The predicted octanol–water partition coefficient (Wildman–Crippen LogP) is 3.20. The molecule has 2 N–H and O–H groups in total. The van der Waals surface area contributed by atoms with Crippen molar-refractivity contribution in [3.8, 4) is 0 Å². The molecule has 0 aliphatic heterocycles. The predicted molar refractivity (Wildman–Crippen MR) is 51.4 cm³/mol. The molecule has 1 aliphatic carbocycles. The summed E-state index contributed by atoms with van der Waals surface area (Å²) in [4.78, 5) is 0. The van der Waals surface area contributed by atoms with Gasteiger partial charge in [0.05, 0.1) is 5.54 Å². The van der Waals surface area contributed by atoms with Crippen molar-refractivity contribution in [3.05, 3.63) is 34.4 Å². The Bertz CT molecular complexity index is 439. The molecule has 0 unspecified atom stereocenters. The lowest BCUT2D eigenvalue weighted by molar-refractivity contribution is -0.125. The first-order chi connectivity index (χ1) is 7.23. The molecule has 0 spiro atoms. The van der Waals surface area contributed by atoms with Crippen LogP contribution in [0.15, 0.2) is 12.1 Å². The van der Waals surface area contributed by atoms with Crippen LogP contribution in [-0.2, 0) is 5.54 Å². The Balaban J connectivity index is 2.39. The number of hydrogen-bond acceptors (Lipinski definition) is 1. The number of benzene rings is 1. The Morgan fingerprint density at radius 1 is 1.12 bits per heavy atom. The van der Waals surface area contributed by atoms with E-state index in [0.29, 0.717) is 0 Å². The van der Waals surface area contributed by atoms with E-state index < -0.39 is 35.9 Å². The summed E-state index contributed by atoms with van der Waals surface area (Å²) >= 11 is 5.66. The molecule has 0 atom stereocenters. The number of alkyl halides is 2. The Labute approximate surface area is 94.2 Å². The molecule has 88 valence electrons. The van der Waals surface area contributed by atoms with Gasteiger partial charge in [0.2, 0.25) is 0 Å². The molecule has 2 rings (SSSR count). The van der Waals surface area contributed by atoms with Crippen molar-refractivity contribution in [1.82, 2.24) is 0 Å². The molecule has 0 bridgehead atoms. The third kappa shape index (κ3) is 1.78. The topological polar surface area (TPSA) is 26.0 Å². The van der Waals surface area contributed by atoms with E-state index in [4.69, 9.17) is 17.3 Å². The van der Waals surface area contributed by atoms with Crippen LogP contribution < -0.4 is 5.73 Å². The van der Waals surface area contributed by atoms with Crippen LogP contribution in [0.4, 0.5) is 17.6 Å². The zero-order chi connectivity index (χ0) is 12.1. The van der Waals surface area contributed by atoms with E-state index in [2.05, 4.69) is 0 Å². The normalized spacial score (nSPS) is 21.6. The van der Waals surface area contributed by atoms with Crippen molar-refractivity contribution >= 4 is 11.6 Å². The summed E-state index contributed by atoms with van der Waals surface area (Å²) in [5, 5.41) is -0.128. The zero-order valence-electron chi connectivity index (χ0n) is 8.04. The largest absolute Gasteiger partial charge is 0.321 e. The second-order valence-corrected chi connectivity index (χ2v) is 4.52. The van der Waals surface area contributed by atoms with Gasteiger partial charge in [-0.3, -0.25) is 0 Å². The van der Waals surface area contributed by atoms with Crippen molar-refractivity contribution in [2.24, 2.45) is 5.73 Å². The Morgan fingerprint density at radius 3 is 2.12 bits per heavy atom. The van der Waals surface area contributed by atoms with Crippen molar-refractivity contribution in [3.63, 3.8) is 0 Å². The number of nitrogens with two attached hydrogens (primary N) is 1. The second-order valence-electron chi connectivity index (χ2n) is 4.11. The average molecular weight is 254 g/mol. The average Bonchev–Trinajstić information content (AvgIpc) is 2.07. The van der Waals surface area contributed by atoms with E-state index in [1.165, 1.54) is 0 Å². The SMILES string of the molecule is NC1(c2cc(F)c(F)cc2Cl)CC(F)(F)C1.